The summed E-state index contributed by atoms with van der Waals surface area (Å²) in [5, 5.41) is 2.78. The molecule has 0 saturated carbocycles. The first-order valence-electron chi connectivity index (χ1n) is 8.96. The number of amides is 1. The van der Waals surface area contributed by atoms with Gasteiger partial charge in [0, 0.05) is 18.3 Å². The molecule has 1 fully saturated rings. The van der Waals surface area contributed by atoms with Crippen LogP contribution in [0.4, 0.5) is 24.7 Å². The average molecular weight is 378 g/mol. The van der Waals surface area contributed by atoms with Gasteiger partial charge in [0.15, 0.2) is 0 Å². The first-order chi connectivity index (χ1) is 12.9. The van der Waals surface area contributed by atoms with Crippen LogP contribution in [-0.2, 0) is 6.18 Å². The van der Waals surface area contributed by atoms with Crippen LogP contribution in [0, 0.1) is 0 Å². The maximum atomic E-state index is 12.8. The fourth-order valence-electron chi connectivity index (χ4n) is 3.26. The van der Waals surface area contributed by atoms with Crippen LogP contribution >= 0.6 is 0 Å². The SMILES string of the molecule is CCC1CCCCN1C(=O)c1cnc(Nc2cccc(C(F)(F)F)c2)cn1. The van der Waals surface area contributed by atoms with Crippen LogP contribution in [0.3, 0.4) is 0 Å². The second kappa shape index (κ2) is 7.94. The molecule has 1 aromatic carbocycles. The van der Waals surface area contributed by atoms with E-state index in [0.717, 1.165) is 37.8 Å². The average Bonchev–Trinajstić information content (AvgIpc) is 2.67. The van der Waals surface area contributed by atoms with Gasteiger partial charge in [-0.2, -0.15) is 13.2 Å². The van der Waals surface area contributed by atoms with Gasteiger partial charge in [-0.15, -0.1) is 0 Å². The van der Waals surface area contributed by atoms with Crippen molar-refractivity contribution in [2.24, 2.45) is 0 Å². The topological polar surface area (TPSA) is 58.1 Å². The fraction of sp³-hybridized carbons (Fsp3) is 0.421. The summed E-state index contributed by atoms with van der Waals surface area (Å²) in [5.41, 5.74) is -0.256. The number of piperidine rings is 1. The van der Waals surface area contributed by atoms with E-state index in [0.29, 0.717) is 6.54 Å². The van der Waals surface area contributed by atoms with Gasteiger partial charge < -0.3 is 10.2 Å². The Labute approximate surface area is 155 Å². The third kappa shape index (κ3) is 4.56. The van der Waals surface area contributed by atoms with E-state index in [9.17, 15) is 18.0 Å². The van der Waals surface area contributed by atoms with Gasteiger partial charge in [0.1, 0.15) is 11.5 Å². The minimum Gasteiger partial charge on any atom is -0.339 e. The zero-order valence-electron chi connectivity index (χ0n) is 15.0. The van der Waals surface area contributed by atoms with Crippen molar-refractivity contribution in [1.82, 2.24) is 14.9 Å². The summed E-state index contributed by atoms with van der Waals surface area (Å²) in [5.74, 6) is 0.122. The van der Waals surface area contributed by atoms with Crippen molar-refractivity contribution in [3.63, 3.8) is 0 Å². The molecule has 1 amide bonds. The Morgan fingerprint density at radius 3 is 2.74 bits per heavy atom. The molecular weight excluding hydrogens is 357 g/mol. The summed E-state index contributed by atoms with van der Waals surface area (Å²) in [6.45, 7) is 2.77. The van der Waals surface area contributed by atoms with Gasteiger partial charge >= 0.3 is 6.18 Å². The molecule has 1 atom stereocenters. The molecule has 3 rings (SSSR count). The second-order valence-corrected chi connectivity index (χ2v) is 6.55. The quantitative estimate of drug-likeness (QED) is 0.842. The normalized spacial score (nSPS) is 17.6. The molecule has 1 aliphatic heterocycles. The minimum absolute atomic E-state index is 0.153. The van der Waals surface area contributed by atoms with Gasteiger partial charge in [-0.25, -0.2) is 9.97 Å². The minimum atomic E-state index is -4.41. The number of benzene rings is 1. The summed E-state index contributed by atoms with van der Waals surface area (Å²) < 4.78 is 38.4. The number of carbonyl (C=O) groups excluding carboxylic acids is 1. The van der Waals surface area contributed by atoms with Crippen LogP contribution in [0.25, 0.3) is 0 Å². The molecule has 1 unspecified atom stereocenters. The Kier molecular flexibility index (Phi) is 5.62. The van der Waals surface area contributed by atoms with Gasteiger partial charge in [0.25, 0.3) is 5.91 Å². The van der Waals surface area contributed by atoms with E-state index in [1.807, 2.05) is 4.90 Å². The van der Waals surface area contributed by atoms with Crippen LogP contribution < -0.4 is 5.32 Å². The zero-order valence-corrected chi connectivity index (χ0v) is 15.0. The maximum Gasteiger partial charge on any atom is 0.416 e. The predicted molar refractivity (Wildman–Crippen MR) is 95.7 cm³/mol. The number of anilines is 2. The molecule has 1 N–H and O–H groups in total. The molecule has 0 radical (unpaired) electrons. The third-order valence-corrected chi connectivity index (χ3v) is 4.69. The monoisotopic (exact) mass is 378 g/mol. The number of rotatable bonds is 4. The number of nitrogens with zero attached hydrogens (tertiary/aromatic N) is 3. The summed E-state index contributed by atoms with van der Waals surface area (Å²) in [7, 11) is 0. The van der Waals surface area contributed by atoms with E-state index in [-0.39, 0.29) is 29.1 Å². The molecule has 2 heterocycles. The van der Waals surface area contributed by atoms with Crippen LogP contribution in [0.2, 0.25) is 0 Å². The Hall–Kier alpha value is -2.64. The number of hydrogen-bond acceptors (Lipinski definition) is 4. The van der Waals surface area contributed by atoms with Crippen molar-refractivity contribution >= 4 is 17.4 Å². The molecular formula is C19H21F3N4O. The van der Waals surface area contributed by atoms with E-state index in [4.69, 9.17) is 0 Å². The molecule has 8 heteroatoms. The highest BCUT2D eigenvalue weighted by Gasteiger charge is 2.30. The largest absolute Gasteiger partial charge is 0.416 e. The van der Waals surface area contributed by atoms with Crippen LogP contribution in [0.1, 0.15) is 48.7 Å². The lowest BCUT2D eigenvalue weighted by atomic mass is 10.00. The van der Waals surface area contributed by atoms with E-state index in [1.54, 1.807) is 0 Å². The molecule has 1 aliphatic rings. The summed E-state index contributed by atoms with van der Waals surface area (Å²) >= 11 is 0. The van der Waals surface area contributed by atoms with Crippen LogP contribution in [-0.4, -0.2) is 33.4 Å². The van der Waals surface area contributed by atoms with E-state index in [2.05, 4.69) is 22.2 Å². The molecule has 0 spiro atoms. The standard InChI is InChI=1S/C19H21F3N4O/c1-2-15-8-3-4-9-26(15)18(27)16-11-24-17(12-23-16)25-14-7-5-6-13(10-14)19(20,21)22/h5-7,10-12,15H,2-4,8-9H2,1H3,(H,24,25). The van der Waals surface area contributed by atoms with E-state index >= 15 is 0 Å². The number of nitrogens with one attached hydrogen (secondary N) is 1. The number of carbonyl (C=O) groups is 1. The van der Waals surface area contributed by atoms with E-state index in [1.165, 1.54) is 24.5 Å². The molecule has 1 saturated heterocycles. The smallest absolute Gasteiger partial charge is 0.339 e. The number of halogens is 3. The Morgan fingerprint density at radius 2 is 2.07 bits per heavy atom. The summed E-state index contributed by atoms with van der Waals surface area (Å²) in [6.07, 6.45) is 2.29. The molecule has 0 bridgehead atoms. The number of aromatic nitrogens is 2. The van der Waals surface area contributed by atoms with Crippen LogP contribution in [0.5, 0.6) is 0 Å². The Morgan fingerprint density at radius 1 is 1.26 bits per heavy atom. The predicted octanol–water partition coefficient (Wildman–Crippen LogP) is 4.64. The van der Waals surface area contributed by atoms with Crippen molar-refractivity contribution in [2.75, 3.05) is 11.9 Å². The zero-order chi connectivity index (χ0) is 19.4. The Balaban J connectivity index is 1.71. The highest BCUT2D eigenvalue weighted by atomic mass is 19.4. The lowest BCUT2D eigenvalue weighted by molar-refractivity contribution is -0.137. The van der Waals surface area contributed by atoms with Crippen molar-refractivity contribution in [3.05, 3.63) is 47.9 Å². The highest BCUT2D eigenvalue weighted by molar-refractivity contribution is 5.92. The lowest BCUT2D eigenvalue weighted by Crippen LogP contribution is -2.43. The first-order valence-corrected chi connectivity index (χ1v) is 8.96. The molecule has 5 nitrogen and oxygen atoms in total. The lowest BCUT2D eigenvalue weighted by Gasteiger charge is -2.34. The Bertz CT molecular complexity index is 792. The van der Waals surface area contributed by atoms with Gasteiger partial charge in [-0.1, -0.05) is 13.0 Å². The number of alkyl halides is 3. The maximum absolute atomic E-state index is 12.8. The number of likely N-dealkylation sites (tertiary alicyclic amines) is 1. The highest BCUT2D eigenvalue weighted by Crippen LogP contribution is 2.31. The van der Waals surface area contributed by atoms with Crippen molar-refractivity contribution in [3.8, 4) is 0 Å². The molecule has 1 aromatic heterocycles. The summed E-state index contributed by atoms with van der Waals surface area (Å²) in [6, 6.07) is 5.05. The van der Waals surface area contributed by atoms with Crippen molar-refractivity contribution in [2.45, 2.75) is 44.8 Å². The molecule has 0 aliphatic carbocycles. The van der Waals surface area contributed by atoms with Gasteiger partial charge in [0.05, 0.1) is 18.0 Å². The van der Waals surface area contributed by atoms with Crippen LogP contribution in [0.15, 0.2) is 36.7 Å². The first kappa shape index (κ1) is 19.1. The molecule has 27 heavy (non-hydrogen) atoms. The summed E-state index contributed by atoms with van der Waals surface area (Å²) in [4.78, 5) is 22.8. The van der Waals surface area contributed by atoms with Gasteiger partial charge in [-0.3, -0.25) is 4.79 Å². The molecule has 2 aromatic rings. The van der Waals surface area contributed by atoms with Crippen molar-refractivity contribution < 1.29 is 18.0 Å². The second-order valence-electron chi connectivity index (χ2n) is 6.55. The fourth-order valence-corrected chi connectivity index (χ4v) is 3.26. The number of hydrogen-bond donors (Lipinski definition) is 1. The third-order valence-electron chi connectivity index (χ3n) is 4.69. The van der Waals surface area contributed by atoms with E-state index < -0.39 is 11.7 Å². The van der Waals surface area contributed by atoms with Crippen molar-refractivity contribution in [1.29, 1.82) is 0 Å². The van der Waals surface area contributed by atoms with Gasteiger partial charge in [-0.05, 0) is 43.9 Å². The van der Waals surface area contributed by atoms with Gasteiger partial charge in [0.2, 0.25) is 0 Å². The molecule has 144 valence electrons.